The van der Waals surface area contributed by atoms with Crippen molar-refractivity contribution in [2.24, 2.45) is 5.84 Å². The van der Waals surface area contributed by atoms with Crippen molar-refractivity contribution >= 4 is 15.9 Å². The van der Waals surface area contributed by atoms with Crippen molar-refractivity contribution in [2.75, 3.05) is 6.61 Å². The van der Waals surface area contributed by atoms with Crippen LogP contribution in [0, 0.1) is 6.92 Å². The lowest BCUT2D eigenvalue weighted by Gasteiger charge is -2.19. The Balaban J connectivity index is 1.96. The van der Waals surface area contributed by atoms with Gasteiger partial charge in [-0.2, -0.15) is 0 Å². The van der Waals surface area contributed by atoms with E-state index in [4.69, 9.17) is 10.6 Å². The van der Waals surface area contributed by atoms with E-state index in [9.17, 15) is 0 Å². The number of benzene rings is 1. The Hall–Kier alpha value is -0.420. The first-order valence-electron chi connectivity index (χ1n) is 6.54. The number of hydrazine groups is 1. The van der Waals surface area contributed by atoms with Crippen molar-refractivity contribution in [2.45, 2.75) is 44.8 Å². The number of nitrogens with two attached hydrogens (primary N) is 1. The molecule has 2 unspecified atom stereocenters. The van der Waals surface area contributed by atoms with Crippen LogP contribution in [-0.2, 0) is 4.74 Å². The minimum atomic E-state index is 0.209. The first-order valence-corrected chi connectivity index (χ1v) is 7.34. The molecule has 1 fully saturated rings. The molecular weight excluding hydrogens is 292 g/mol. The van der Waals surface area contributed by atoms with Crippen molar-refractivity contribution in [1.29, 1.82) is 0 Å². The van der Waals surface area contributed by atoms with Crippen LogP contribution in [-0.4, -0.2) is 12.7 Å². The molecule has 3 nitrogen and oxygen atoms in total. The molecule has 1 aromatic carbocycles. The summed E-state index contributed by atoms with van der Waals surface area (Å²) in [6, 6.07) is 6.60. The molecule has 100 valence electrons. The van der Waals surface area contributed by atoms with Crippen molar-refractivity contribution in [3.8, 4) is 0 Å². The SMILES string of the molecule is Cc1cc(C(CCC2CCCO2)NN)ccc1Br. The summed E-state index contributed by atoms with van der Waals surface area (Å²) in [5, 5.41) is 0. The molecule has 2 atom stereocenters. The van der Waals surface area contributed by atoms with Gasteiger partial charge in [0.15, 0.2) is 0 Å². The number of rotatable bonds is 5. The molecule has 1 saturated heterocycles. The molecular formula is C14H21BrN2O. The van der Waals surface area contributed by atoms with E-state index in [0.717, 1.165) is 23.9 Å². The Morgan fingerprint density at radius 3 is 3.00 bits per heavy atom. The number of aryl methyl sites for hydroxylation is 1. The Morgan fingerprint density at radius 1 is 1.56 bits per heavy atom. The van der Waals surface area contributed by atoms with Crippen LogP contribution in [0.5, 0.6) is 0 Å². The quantitative estimate of drug-likeness (QED) is 0.648. The fourth-order valence-electron chi connectivity index (χ4n) is 2.46. The standard InChI is InChI=1S/C14H21BrN2O/c1-10-9-11(4-6-13(10)15)14(17-16)7-5-12-3-2-8-18-12/h4,6,9,12,14,17H,2-3,5,7-8,16H2,1H3. The van der Waals surface area contributed by atoms with Crippen LogP contribution < -0.4 is 11.3 Å². The molecule has 0 radical (unpaired) electrons. The van der Waals surface area contributed by atoms with E-state index in [-0.39, 0.29) is 6.04 Å². The van der Waals surface area contributed by atoms with Gasteiger partial charge in [-0.3, -0.25) is 11.3 Å². The predicted octanol–water partition coefficient (Wildman–Crippen LogP) is 3.22. The molecule has 1 heterocycles. The molecule has 0 aliphatic carbocycles. The number of halogens is 1. The molecule has 2 rings (SSSR count). The predicted molar refractivity (Wildman–Crippen MR) is 77.2 cm³/mol. The molecule has 1 aliphatic heterocycles. The topological polar surface area (TPSA) is 47.3 Å². The van der Waals surface area contributed by atoms with E-state index in [2.05, 4.69) is 46.5 Å². The van der Waals surface area contributed by atoms with Crippen molar-refractivity contribution < 1.29 is 4.74 Å². The van der Waals surface area contributed by atoms with Crippen molar-refractivity contribution in [1.82, 2.24) is 5.43 Å². The number of hydrogen-bond acceptors (Lipinski definition) is 3. The molecule has 1 aliphatic rings. The minimum Gasteiger partial charge on any atom is -0.378 e. The molecule has 0 saturated carbocycles. The Kier molecular flexibility index (Phi) is 5.18. The van der Waals surface area contributed by atoms with Crippen LogP contribution in [0.3, 0.4) is 0 Å². The zero-order valence-electron chi connectivity index (χ0n) is 10.8. The monoisotopic (exact) mass is 312 g/mol. The fraction of sp³-hybridized carbons (Fsp3) is 0.571. The molecule has 1 aromatic rings. The average molecular weight is 313 g/mol. The average Bonchev–Trinajstić information content (AvgIpc) is 2.87. The second-order valence-electron chi connectivity index (χ2n) is 4.94. The summed E-state index contributed by atoms with van der Waals surface area (Å²) in [4.78, 5) is 0. The summed E-state index contributed by atoms with van der Waals surface area (Å²) in [5.41, 5.74) is 5.41. The van der Waals surface area contributed by atoms with Crippen molar-refractivity contribution in [3.63, 3.8) is 0 Å². The van der Waals surface area contributed by atoms with Gasteiger partial charge in [-0.05, 0) is 49.8 Å². The van der Waals surface area contributed by atoms with Crippen LogP contribution >= 0.6 is 15.9 Å². The number of ether oxygens (including phenoxy) is 1. The van der Waals surface area contributed by atoms with Crippen LogP contribution in [0.1, 0.15) is 42.9 Å². The van der Waals surface area contributed by atoms with Gasteiger partial charge in [0, 0.05) is 17.1 Å². The summed E-state index contributed by atoms with van der Waals surface area (Å²) < 4.78 is 6.79. The van der Waals surface area contributed by atoms with E-state index in [1.165, 1.54) is 24.0 Å². The van der Waals surface area contributed by atoms with Gasteiger partial charge >= 0.3 is 0 Å². The molecule has 3 N–H and O–H groups in total. The molecule has 0 spiro atoms. The zero-order valence-corrected chi connectivity index (χ0v) is 12.4. The molecule has 0 aromatic heterocycles. The van der Waals surface area contributed by atoms with E-state index in [0.29, 0.717) is 6.10 Å². The summed E-state index contributed by atoms with van der Waals surface area (Å²) >= 11 is 3.52. The Labute approximate surface area is 117 Å². The lowest BCUT2D eigenvalue weighted by atomic mass is 9.98. The molecule has 18 heavy (non-hydrogen) atoms. The third-order valence-electron chi connectivity index (χ3n) is 3.59. The summed E-state index contributed by atoms with van der Waals surface area (Å²) in [5.74, 6) is 5.68. The highest BCUT2D eigenvalue weighted by Crippen LogP contribution is 2.26. The Bertz CT molecular complexity index is 391. The highest BCUT2D eigenvalue weighted by atomic mass is 79.9. The van der Waals surface area contributed by atoms with Gasteiger partial charge in [0.1, 0.15) is 0 Å². The van der Waals surface area contributed by atoms with Gasteiger partial charge in [0.05, 0.1) is 6.10 Å². The summed E-state index contributed by atoms with van der Waals surface area (Å²) in [6.45, 7) is 3.02. The number of hydrogen-bond donors (Lipinski definition) is 2. The smallest absolute Gasteiger partial charge is 0.0576 e. The first-order chi connectivity index (χ1) is 8.70. The summed E-state index contributed by atoms with van der Waals surface area (Å²) in [6.07, 6.45) is 4.91. The maximum atomic E-state index is 5.68. The first kappa shape index (κ1) is 14.0. The second-order valence-corrected chi connectivity index (χ2v) is 5.79. The van der Waals surface area contributed by atoms with E-state index < -0.39 is 0 Å². The second kappa shape index (κ2) is 6.66. The van der Waals surface area contributed by atoms with Gasteiger partial charge < -0.3 is 4.74 Å². The van der Waals surface area contributed by atoms with Gasteiger partial charge in [0.25, 0.3) is 0 Å². The molecule has 0 amide bonds. The van der Waals surface area contributed by atoms with Crippen LogP contribution in [0.4, 0.5) is 0 Å². The van der Waals surface area contributed by atoms with Gasteiger partial charge in [-0.25, -0.2) is 0 Å². The van der Waals surface area contributed by atoms with Gasteiger partial charge in [-0.1, -0.05) is 28.1 Å². The molecule has 4 heteroatoms. The lowest BCUT2D eigenvalue weighted by molar-refractivity contribution is 0.0996. The van der Waals surface area contributed by atoms with E-state index in [1.807, 2.05) is 0 Å². The normalized spacial score (nSPS) is 21.2. The third-order valence-corrected chi connectivity index (χ3v) is 4.48. The minimum absolute atomic E-state index is 0.209. The van der Waals surface area contributed by atoms with E-state index in [1.54, 1.807) is 0 Å². The van der Waals surface area contributed by atoms with Gasteiger partial charge in [0.2, 0.25) is 0 Å². The van der Waals surface area contributed by atoms with Gasteiger partial charge in [-0.15, -0.1) is 0 Å². The maximum absolute atomic E-state index is 5.68. The highest BCUT2D eigenvalue weighted by Gasteiger charge is 2.18. The van der Waals surface area contributed by atoms with E-state index >= 15 is 0 Å². The third kappa shape index (κ3) is 3.54. The summed E-state index contributed by atoms with van der Waals surface area (Å²) in [7, 11) is 0. The van der Waals surface area contributed by atoms with Crippen LogP contribution in [0.25, 0.3) is 0 Å². The zero-order chi connectivity index (χ0) is 13.0. The van der Waals surface area contributed by atoms with Crippen LogP contribution in [0.15, 0.2) is 22.7 Å². The fourth-order valence-corrected chi connectivity index (χ4v) is 2.70. The van der Waals surface area contributed by atoms with Crippen LogP contribution in [0.2, 0.25) is 0 Å². The number of nitrogens with one attached hydrogen (secondary N) is 1. The van der Waals surface area contributed by atoms with Crippen molar-refractivity contribution in [3.05, 3.63) is 33.8 Å². The molecule has 0 bridgehead atoms. The maximum Gasteiger partial charge on any atom is 0.0576 e. The Morgan fingerprint density at radius 2 is 2.39 bits per heavy atom. The highest BCUT2D eigenvalue weighted by molar-refractivity contribution is 9.10. The lowest BCUT2D eigenvalue weighted by Crippen LogP contribution is -2.28. The largest absolute Gasteiger partial charge is 0.378 e.